The Bertz CT molecular complexity index is 371. The number of ether oxygens (including phenoxy) is 1. The van der Waals surface area contributed by atoms with Crippen molar-refractivity contribution in [1.82, 2.24) is 5.32 Å². The molecule has 1 saturated carbocycles. The summed E-state index contributed by atoms with van der Waals surface area (Å²) in [5.74, 6) is 1.59. The Morgan fingerprint density at radius 1 is 1.05 bits per heavy atom. The predicted octanol–water partition coefficient (Wildman–Crippen LogP) is 4.54. The second-order valence-electron chi connectivity index (χ2n) is 5.16. The van der Waals surface area contributed by atoms with Crippen molar-refractivity contribution in [3.05, 3.63) is 28.2 Å². The van der Waals surface area contributed by atoms with E-state index in [-0.39, 0.29) is 0 Å². The molecule has 1 aromatic rings. The van der Waals surface area contributed by atoms with Gasteiger partial charge >= 0.3 is 0 Å². The van der Waals surface area contributed by atoms with E-state index in [0.29, 0.717) is 16.7 Å². The minimum absolute atomic E-state index is 0.609. The highest BCUT2D eigenvalue weighted by Crippen LogP contribution is 2.24. The van der Waals surface area contributed by atoms with Crippen LogP contribution in [0.4, 0.5) is 0 Å². The lowest BCUT2D eigenvalue weighted by atomic mass is 9.89. The molecule has 1 aromatic carbocycles. The summed E-state index contributed by atoms with van der Waals surface area (Å²) in [5, 5.41) is 4.68. The second-order valence-corrected chi connectivity index (χ2v) is 6.03. The zero-order valence-corrected chi connectivity index (χ0v) is 12.6. The molecule has 1 aliphatic carbocycles. The predicted molar refractivity (Wildman–Crippen MR) is 81.4 cm³/mol. The largest absolute Gasteiger partial charge is 0.492 e. The lowest BCUT2D eigenvalue weighted by molar-refractivity contribution is 0.294. The standard InChI is InChI=1S/C15H21Cl2NO/c16-13-8-14(17)10-15(9-13)19-7-6-18-11-12-4-2-1-3-5-12/h8-10,12,18H,1-7,11H2. The van der Waals surface area contributed by atoms with Crippen molar-refractivity contribution >= 4 is 23.2 Å². The Balaban J connectivity index is 1.60. The Kier molecular flexibility index (Phi) is 6.29. The molecule has 0 saturated heterocycles. The van der Waals surface area contributed by atoms with Gasteiger partial charge in [0.05, 0.1) is 0 Å². The average Bonchev–Trinajstić information content (AvgIpc) is 2.38. The van der Waals surface area contributed by atoms with Crippen LogP contribution >= 0.6 is 23.2 Å². The van der Waals surface area contributed by atoms with Crippen LogP contribution in [0.3, 0.4) is 0 Å². The summed E-state index contributed by atoms with van der Waals surface area (Å²) in [6, 6.07) is 5.28. The van der Waals surface area contributed by atoms with Crippen molar-refractivity contribution in [2.45, 2.75) is 32.1 Å². The van der Waals surface area contributed by atoms with Gasteiger partial charge in [0.15, 0.2) is 0 Å². The molecular formula is C15H21Cl2NO. The molecule has 0 aromatic heterocycles. The Morgan fingerprint density at radius 3 is 2.42 bits per heavy atom. The molecule has 0 radical (unpaired) electrons. The maximum Gasteiger partial charge on any atom is 0.122 e. The molecular weight excluding hydrogens is 281 g/mol. The molecule has 0 heterocycles. The van der Waals surface area contributed by atoms with Gasteiger partial charge in [-0.15, -0.1) is 0 Å². The van der Waals surface area contributed by atoms with Gasteiger partial charge in [-0.05, 0) is 43.5 Å². The van der Waals surface area contributed by atoms with Gasteiger partial charge < -0.3 is 10.1 Å². The van der Waals surface area contributed by atoms with Crippen LogP contribution in [0.2, 0.25) is 10.0 Å². The molecule has 106 valence electrons. The SMILES string of the molecule is Clc1cc(Cl)cc(OCCNCC2CCCCC2)c1. The number of nitrogens with one attached hydrogen (secondary N) is 1. The summed E-state index contributed by atoms with van der Waals surface area (Å²) in [6.45, 7) is 2.61. The number of halogens is 2. The molecule has 1 aliphatic rings. The van der Waals surface area contributed by atoms with E-state index in [1.165, 1.54) is 32.1 Å². The van der Waals surface area contributed by atoms with Gasteiger partial charge in [-0.2, -0.15) is 0 Å². The molecule has 2 rings (SSSR count). The smallest absolute Gasteiger partial charge is 0.122 e. The van der Waals surface area contributed by atoms with Gasteiger partial charge in [0, 0.05) is 16.6 Å². The first kappa shape index (κ1) is 15.0. The third-order valence-corrected chi connectivity index (χ3v) is 3.98. The highest BCUT2D eigenvalue weighted by atomic mass is 35.5. The monoisotopic (exact) mass is 301 g/mol. The average molecular weight is 302 g/mol. The van der Waals surface area contributed by atoms with Crippen molar-refractivity contribution in [3.63, 3.8) is 0 Å². The summed E-state index contributed by atoms with van der Waals surface area (Å²) < 4.78 is 5.63. The van der Waals surface area contributed by atoms with Crippen molar-refractivity contribution in [1.29, 1.82) is 0 Å². The normalized spacial score (nSPS) is 16.5. The van der Waals surface area contributed by atoms with E-state index in [4.69, 9.17) is 27.9 Å². The zero-order chi connectivity index (χ0) is 13.5. The van der Waals surface area contributed by atoms with Crippen LogP contribution in [0.15, 0.2) is 18.2 Å². The van der Waals surface area contributed by atoms with E-state index in [1.54, 1.807) is 18.2 Å². The van der Waals surface area contributed by atoms with E-state index in [9.17, 15) is 0 Å². The first-order valence-corrected chi connectivity index (χ1v) is 7.79. The van der Waals surface area contributed by atoms with Crippen LogP contribution in [-0.2, 0) is 0 Å². The van der Waals surface area contributed by atoms with Gasteiger partial charge in [0.2, 0.25) is 0 Å². The number of rotatable bonds is 6. The zero-order valence-electron chi connectivity index (χ0n) is 11.1. The fourth-order valence-electron chi connectivity index (χ4n) is 2.55. The molecule has 0 aliphatic heterocycles. The van der Waals surface area contributed by atoms with Crippen LogP contribution in [0.25, 0.3) is 0 Å². The van der Waals surface area contributed by atoms with Gasteiger partial charge in [-0.25, -0.2) is 0 Å². The fourth-order valence-corrected chi connectivity index (χ4v) is 3.06. The lowest BCUT2D eigenvalue weighted by Gasteiger charge is -2.21. The Hall–Kier alpha value is -0.440. The van der Waals surface area contributed by atoms with E-state index in [2.05, 4.69) is 5.32 Å². The fraction of sp³-hybridized carbons (Fsp3) is 0.600. The number of hydrogen-bond acceptors (Lipinski definition) is 2. The number of benzene rings is 1. The van der Waals surface area contributed by atoms with Crippen molar-refractivity contribution in [2.24, 2.45) is 5.92 Å². The van der Waals surface area contributed by atoms with Gasteiger partial charge in [0.25, 0.3) is 0 Å². The highest BCUT2D eigenvalue weighted by molar-refractivity contribution is 6.34. The lowest BCUT2D eigenvalue weighted by Crippen LogP contribution is -2.28. The highest BCUT2D eigenvalue weighted by Gasteiger charge is 2.12. The van der Waals surface area contributed by atoms with Crippen molar-refractivity contribution < 1.29 is 4.74 Å². The van der Waals surface area contributed by atoms with Gasteiger partial charge in [-0.1, -0.05) is 42.5 Å². The quantitative estimate of drug-likeness (QED) is 0.779. The van der Waals surface area contributed by atoms with Crippen LogP contribution in [-0.4, -0.2) is 19.7 Å². The van der Waals surface area contributed by atoms with Crippen LogP contribution in [0.5, 0.6) is 5.75 Å². The van der Waals surface area contributed by atoms with Crippen molar-refractivity contribution in [2.75, 3.05) is 19.7 Å². The molecule has 1 N–H and O–H groups in total. The minimum Gasteiger partial charge on any atom is -0.492 e. The van der Waals surface area contributed by atoms with Crippen molar-refractivity contribution in [3.8, 4) is 5.75 Å². The van der Waals surface area contributed by atoms with Crippen LogP contribution < -0.4 is 10.1 Å². The topological polar surface area (TPSA) is 21.3 Å². The minimum atomic E-state index is 0.609. The summed E-state index contributed by atoms with van der Waals surface area (Å²) in [7, 11) is 0. The molecule has 2 nitrogen and oxygen atoms in total. The molecule has 1 fully saturated rings. The molecule has 4 heteroatoms. The molecule has 0 spiro atoms. The number of hydrogen-bond donors (Lipinski definition) is 1. The maximum atomic E-state index is 5.91. The molecule has 0 atom stereocenters. The first-order valence-electron chi connectivity index (χ1n) is 7.03. The van der Waals surface area contributed by atoms with Gasteiger partial charge in [-0.3, -0.25) is 0 Å². The van der Waals surface area contributed by atoms with E-state index >= 15 is 0 Å². The Morgan fingerprint density at radius 2 is 1.74 bits per heavy atom. The molecule has 19 heavy (non-hydrogen) atoms. The first-order chi connectivity index (χ1) is 9.24. The summed E-state index contributed by atoms with van der Waals surface area (Å²) in [6.07, 6.45) is 6.94. The second kappa shape index (κ2) is 7.98. The van der Waals surface area contributed by atoms with E-state index < -0.39 is 0 Å². The van der Waals surface area contributed by atoms with Crippen LogP contribution in [0, 0.1) is 5.92 Å². The third-order valence-electron chi connectivity index (χ3n) is 3.54. The maximum absolute atomic E-state index is 5.91. The molecule has 0 unspecified atom stereocenters. The van der Waals surface area contributed by atoms with Gasteiger partial charge in [0.1, 0.15) is 12.4 Å². The molecule has 0 amide bonds. The summed E-state index contributed by atoms with van der Waals surface area (Å²) in [5.41, 5.74) is 0. The van der Waals surface area contributed by atoms with Crippen LogP contribution in [0.1, 0.15) is 32.1 Å². The third kappa shape index (κ3) is 5.60. The Labute approximate surface area is 125 Å². The summed E-state index contributed by atoms with van der Waals surface area (Å²) >= 11 is 11.8. The molecule has 0 bridgehead atoms. The van der Waals surface area contributed by atoms with E-state index in [0.717, 1.165) is 24.8 Å². The summed E-state index contributed by atoms with van der Waals surface area (Å²) in [4.78, 5) is 0. The van der Waals surface area contributed by atoms with E-state index in [1.807, 2.05) is 0 Å².